The average molecular weight is 1660 g/mol. The van der Waals surface area contributed by atoms with Crippen molar-refractivity contribution in [3.8, 4) is 34.5 Å². The fraction of sp³-hybridized carbons (Fsp3) is 0.426. The molecule has 3 saturated heterocycles. The van der Waals surface area contributed by atoms with E-state index in [0.29, 0.717) is 154 Å². The quantitative estimate of drug-likeness (QED) is 0.0375. The summed E-state index contributed by atoms with van der Waals surface area (Å²) in [6.07, 6.45) is 5.87. The van der Waals surface area contributed by atoms with E-state index in [1.807, 2.05) is 72.8 Å². The molecule has 3 aliphatic heterocycles. The number of rotatable bonds is 24. The molecule has 0 spiro atoms. The van der Waals surface area contributed by atoms with Crippen LogP contribution in [0.5, 0.6) is 34.5 Å². The van der Waals surface area contributed by atoms with Crippen molar-refractivity contribution in [3.63, 3.8) is 0 Å². The van der Waals surface area contributed by atoms with E-state index in [2.05, 4.69) is 100 Å². The molecule has 3 atom stereocenters. The molecule has 0 saturated carbocycles. The number of hydrogen-bond donors (Lipinski definition) is 3. The van der Waals surface area contributed by atoms with E-state index in [9.17, 15) is 42.9 Å². The van der Waals surface area contributed by atoms with Gasteiger partial charge in [0.15, 0.2) is 0 Å². The van der Waals surface area contributed by atoms with Crippen molar-refractivity contribution in [1.29, 1.82) is 0 Å². The Morgan fingerprint density at radius 3 is 0.967 bits per heavy atom. The fourth-order valence-electron chi connectivity index (χ4n) is 16.5. The Kier molecular flexibility index (Phi) is 27.5. The second-order valence-electron chi connectivity index (χ2n) is 32.9. The minimum absolute atomic E-state index is 0.0542. The molecule has 12 aromatic rings. The van der Waals surface area contributed by atoms with Crippen LogP contribution in [0, 0.1) is 32.1 Å². The van der Waals surface area contributed by atoms with Gasteiger partial charge in [0, 0.05) is 181 Å². The lowest BCUT2D eigenvalue weighted by Crippen LogP contribution is -2.46. The van der Waals surface area contributed by atoms with Crippen molar-refractivity contribution < 1.29 is 84.5 Å². The summed E-state index contributed by atoms with van der Waals surface area (Å²) in [7, 11) is 6.28. The molecule has 6 aromatic carbocycles. The minimum atomic E-state index is -4.35. The van der Waals surface area contributed by atoms with E-state index in [-0.39, 0.29) is 65.9 Å². The largest absolute Gasteiger partial charge is 0.507 e. The van der Waals surface area contributed by atoms with Gasteiger partial charge in [0.2, 0.25) is 0 Å². The van der Waals surface area contributed by atoms with Gasteiger partial charge in [0.25, 0.3) is 0 Å². The first kappa shape index (κ1) is 87.7. The number of benzene rings is 6. The van der Waals surface area contributed by atoms with Crippen LogP contribution in [0.4, 0.5) is 13.2 Å². The van der Waals surface area contributed by atoms with Crippen LogP contribution < -0.4 is 14.2 Å². The van der Waals surface area contributed by atoms with Crippen LogP contribution in [0.15, 0.2) is 141 Å². The number of phenolic OH excluding ortho intramolecular Hbond substituents is 3. The number of hydrogen-bond acceptors (Lipinski definition) is 24. The zero-order chi connectivity index (χ0) is 86.3. The number of ether oxygens (including phenoxy) is 6. The highest BCUT2D eigenvalue weighted by Gasteiger charge is 2.40. The van der Waals surface area contributed by atoms with E-state index in [0.717, 1.165) is 88.6 Å². The number of carbonyl (C=O) groups excluding carboxylic acids is 3. The highest BCUT2D eigenvalue weighted by molar-refractivity contribution is 6.20. The molecule has 642 valence electrons. The SMILES string of the molecule is CCOC(=O)c1c(C)oc2c1c(C(c1ccncc1)N1CCN(C)CC1)c(O)c1ccc(OCC(C)C)cc12.CCOC(=O)c1c(C)oc2c1c(C(c1ccncc1)N1CCN(C)CC1)c(O)c1ccc(OCCC(C)(C)C)cc12.CCOC(=O)c1c(C)oc2c1c(C(c1ccncc1)N1CCN(C)CC1)c(O)c1ccc(OCCC(F)(F)F)cc12. The number of aromatic nitrogens is 3. The van der Waals surface area contributed by atoms with Crippen LogP contribution in [0.2, 0.25) is 0 Å². The highest BCUT2D eigenvalue weighted by atomic mass is 19.4. The first-order valence-corrected chi connectivity index (χ1v) is 41.6. The Hall–Kier alpha value is -11.1. The first-order chi connectivity index (χ1) is 58.0. The minimum Gasteiger partial charge on any atom is -0.507 e. The summed E-state index contributed by atoms with van der Waals surface area (Å²) >= 11 is 0. The Morgan fingerprint density at radius 2 is 0.702 bits per heavy atom. The van der Waals surface area contributed by atoms with Gasteiger partial charge in [0.1, 0.15) is 85.2 Å². The van der Waals surface area contributed by atoms with Crippen molar-refractivity contribution >= 4 is 83.1 Å². The summed E-state index contributed by atoms with van der Waals surface area (Å²) in [5.74, 6) is 1.81. The maximum absolute atomic E-state index is 13.4. The molecule has 0 bridgehead atoms. The molecule has 3 aliphatic rings. The van der Waals surface area contributed by atoms with Crippen LogP contribution in [0.25, 0.3) is 65.2 Å². The van der Waals surface area contributed by atoms with Crippen LogP contribution >= 0.6 is 0 Å². The summed E-state index contributed by atoms with van der Waals surface area (Å²) in [6, 6.07) is 26.5. The molecule has 15 rings (SSSR count). The average Bonchev–Trinajstić information content (AvgIpc) is 1.62. The summed E-state index contributed by atoms with van der Waals surface area (Å²) in [4.78, 5) is 66.5. The molecule has 3 N–H and O–H groups in total. The molecule has 27 heteroatoms. The monoisotopic (exact) mass is 1660 g/mol. The molecule has 121 heavy (non-hydrogen) atoms. The number of aromatic hydroxyl groups is 3. The summed E-state index contributed by atoms with van der Waals surface area (Å²) in [6.45, 7) is 32.2. The number of phenols is 3. The number of furan rings is 3. The smallest absolute Gasteiger partial charge is 0.392 e. The van der Waals surface area contributed by atoms with Gasteiger partial charge in [-0.2, -0.15) is 13.2 Å². The number of carbonyl (C=O) groups is 3. The third-order valence-corrected chi connectivity index (χ3v) is 22.7. The number of alkyl halides is 3. The number of halogens is 3. The number of piperazine rings is 3. The van der Waals surface area contributed by atoms with Crippen molar-refractivity contribution in [2.45, 2.75) is 113 Å². The Bertz CT molecular complexity index is 5420. The molecular weight excluding hydrogens is 1550 g/mol. The number of esters is 3. The predicted molar refractivity (Wildman–Crippen MR) is 460 cm³/mol. The zero-order valence-electron chi connectivity index (χ0n) is 71.5. The maximum atomic E-state index is 13.4. The van der Waals surface area contributed by atoms with E-state index in [1.54, 1.807) is 84.8 Å². The molecule has 0 amide bonds. The Labute approximate surface area is 702 Å². The summed E-state index contributed by atoms with van der Waals surface area (Å²) in [5.41, 5.74) is 7.07. The van der Waals surface area contributed by atoms with E-state index in [1.165, 1.54) is 12.1 Å². The van der Waals surface area contributed by atoms with E-state index >= 15 is 0 Å². The van der Waals surface area contributed by atoms with Gasteiger partial charge in [-0.05, 0) is 188 Å². The van der Waals surface area contributed by atoms with Crippen molar-refractivity contribution in [3.05, 3.63) is 196 Å². The van der Waals surface area contributed by atoms with Gasteiger partial charge < -0.3 is 71.7 Å². The van der Waals surface area contributed by atoms with E-state index in [4.69, 9.17) is 41.7 Å². The second-order valence-corrected chi connectivity index (χ2v) is 32.9. The van der Waals surface area contributed by atoms with Crippen LogP contribution in [0.3, 0.4) is 0 Å². The molecule has 0 aliphatic carbocycles. The van der Waals surface area contributed by atoms with Crippen LogP contribution in [-0.4, -0.2) is 223 Å². The van der Waals surface area contributed by atoms with Crippen LogP contribution in [-0.2, 0) is 14.2 Å². The Morgan fingerprint density at radius 1 is 0.421 bits per heavy atom. The normalized spacial score (nSPS) is 15.8. The van der Waals surface area contributed by atoms with Gasteiger partial charge in [-0.25, -0.2) is 14.4 Å². The van der Waals surface area contributed by atoms with Crippen molar-refractivity contribution in [2.75, 3.05) is 139 Å². The number of nitrogens with zero attached hydrogens (tertiary/aromatic N) is 9. The van der Waals surface area contributed by atoms with Crippen molar-refractivity contribution in [2.24, 2.45) is 11.3 Å². The number of fused-ring (bicyclic) bond motifs is 9. The maximum Gasteiger partial charge on any atom is 0.392 e. The lowest BCUT2D eigenvalue weighted by molar-refractivity contribution is -0.139. The molecule has 9 heterocycles. The molecule has 0 radical (unpaired) electrons. The first-order valence-electron chi connectivity index (χ1n) is 41.6. The summed E-state index contributed by atoms with van der Waals surface area (Å²) < 4.78 is 90.9. The molecule has 24 nitrogen and oxygen atoms in total. The van der Waals surface area contributed by atoms with Gasteiger partial charge in [0.05, 0.1) is 64.2 Å². The van der Waals surface area contributed by atoms with Gasteiger partial charge in [-0.15, -0.1) is 0 Å². The highest BCUT2D eigenvalue weighted by Crippen LogP contribution is 2.53. The number of likely N-dealkylation sites (N-methyl/N-ethyl adjacent to an activating group) is 3. The van der Waals surface area contributed by atoms with Gasteiger partial charge in [-0.1, -0.05) is 34.6 Å². The topological polar surface area (TPSA) is 265 Å². The standard InChI is InChI=1S/C33H41N3O5.C31H37N3O5.C30H32F3N3O5/c1-7-39-32(38)26-21(2)41-31-25-20-23(40-19-12-33(3,4)5)8-9-24(25)30(37)28(27(26)31)29(22-10-13-34-14-11-22)36-17-15-35(6)16-18-36;1-6-37-31(36)25-20(4)39-30-24-17-22(38-18-19(2)3)7-8-23(24)29(35)27(26(25)30)28(21-9-11-32-12-10-21)34-15-13-33(5)14-16-34;1-4-39-29(38)23-18(2)41-28-22-17-20(40-16-9-30(31,32)33)5-6-21(22)27(37)25(24(23)28)26(19-7-10-34-11-8-19)36-14-12-35(3)13-15-36/h8-11,13-14,20,29,37H,7,12,15-19H2,1-6H3;7-12,17,19,28,35H,6,13-16,18H2,1-5H3;5-8,10-11,17,26,37H,4,9,12-16H2,1-3H3. The van der Waals surface area contributed by atoms with Gasteiger partial charge in [-0.3, -0.25) is 29.7 Å². The molecular formula is C94H110F3N9O15. The predicted octanol–water partition coefficient (Wildman–Crippen LogP) is 17.7. The van der Waals surface area contributed by atoms with Crippen LogP contribution in [0.1, 0.15) is 168 Å². The van der Waals surface area contributed by atoms with E-state index < -0.39 is 43.2 Å². The molecule has 3 unspecified atom stereocenters. The third kappa shape index (κ3) is 19.3. The Balaban J connectivity index is 0.000000157. The summed E-state index contributed by atoms with van der Waals surface area (Å²) in [5, 5.41) is 41.1. The zero-order valence-corrected chi connectivity index (χ0v) is 71.5. The second kappa shape index (κ2) is 37.9. The fourth-order valence-corrected chi connectivity index (χ4v) is 16.5. The van der Waals surface area contributed by atoms with Gasteiger partial charge >= 0.3 is 24.1 Å². The lowest BCUT2D eigenvalue weighted by Gasteiger charge is -2.39. The number of pyridine rings is 3. The lowest BCUT2D eigenvalue weighted by atomic mass is 9.89. The van der Waals surface area contributed by atoms with Crippen molar-refractivity contribution in [1.82, 2.24) is 44.4 Å². The molecule has 6 aromatic heterocycles. The third-order valence-electron chi connectivity index (χ3n) is 22.7. The number of aryl methyl sites for hydroxylation is 3. The molecule has 3 fully saturated rings.